The predicted molar refractivity (Wildman–Crippen MR) is 127 cm³/mol. The Hall–Kier alpha value is -3.20. The number of carbonyl (C=O) groups excluding carboxylic acids is 1. The van der Waals surface area contributed by atoms with Gasteiger partial charge in [0.2, 0.25) is 5.43 Å². The van der Waals surface area contributed by atoms with Crippen molar-refractivity contribution in [2.24, 2.45) is 5.92 Å². The summed E-state index contributed by atoms with van der Waals surface area (Å²) in [6, 6.07) is 2.32. The predicted octanol–water partition coefficient (Wildman–Crippen LogP) is 4.17. The number of aliphatic carboxylic acids is 1. The summed E-state index contributed by atoms with van der Waals surface area (Å²) >= 11 is 1.38. The van der Waals surface area contributed by atoms with E-state index in [4.69, 9.17) is 9.15 Å². The van der Waals surface area contributed by atoms with Crippen molar-refractivity contribution in [1.29, 1.82) is 0 Å². The Bertz CT molecular complexity index is 1230. The molecule has 2 atom stereocenters. The maximum absolute atomic E-state index is 13.1. The number of thiazole rings is 1. The van der Waals surface area contributed by atoms with E-state index in [1.54, 1.807) is 19.1 Å². The molecule has 0 radical (unpaired) electrons. The number of benzene rings is 1. The van der Waals surface area contributed by atoms with Gasteiger partial charge in [0, 0.05) is 17.1 Å². The summed E-state index contributed by atoms with van der Waals surface area (Å²) < 4.78 is 11.6. The molecule has 0 unspecified atom stereocenters. The van der Waals surface area contributed by atoms with Gasteiger partial charge in [-0.2, -0.15) is 0 Å². The summed E-state index contributed by atoms with van der Waals surface area (Å²) in [6.45, 7) is 9.11. The highest BCUT2D eigenvalue weighted by Gasteiger charge is 2.25. The van der Waals surface area contributed by atoms with Crippen LogP contribution in [-0.4, -0.2) is 34.1 Å². The molecule has 176 valence electrons. The highest BCUT2D eigenvalue weighted by molar-refractivity contribution is 7.13. The molecule has 0 aliphatic rings. The Balaban J connectivity index is 1.88. The highest BCUT2D eigenvalue weighted by Crippen LogP contribution is 2.29. The van der Waals surface area contributed by atoms with Crippen molar-refractivity contribution < 1.29 is 23.8 Å². The maximum atomic E-state index is 13.1. The van der Waals surface area contributed by atoms with Gasteiger partial charge in [0.15, 0.2) is 6.10 Å². The van der Waals surface area contributed by atoms with Crippen molar-refractivity contribution in [3.8, 4) is 16.3 Å². The summed E-state index contributed by atoms with van der Waals surface area (Å²) in [5.74, 6) is -1.10. The van der Waals surface area contributed by atoms with E-state index in [2.05, 4.69) is 10.3 Å². The molecule has 9 heteroatoms. The zero-order valence-corrected chi connectivity index (χ0v) is 20.1. The average Bonchev–Trinajstić information content (AvgIpc) is 3.18. The number of carbonyl (C=O) groups is 2. The molecule has 2 N–H and O–H groups in total. The Kier molecular flexibility index (Phi) is 7.53. The molecule has 0 aliphatic heterocycles. The van der Waals surface area contributed by atoms with Crippen LogP contribution in [0.15, 0.2) is 33.0 Å². The summed E-state index contributed by atoms with van der Waals surface area (Å²) in [6.07, 6.45) is 1.32. The number of nitrogens with zero attached hydrogens (tertiary/aromatic N) is 1. The average molecular weight is 473 g/mol. The molecule has 0 bridgehead atoms. The molecule has 1 amide bonds. The second-order valence-corrected chi connectivity index (χ2v) is 9.23. The first kappa shape index (κ1) is 24.4. The Morgan fingerprint density at radius 2 is 2.00 bits per heavy atom. The number of nitrogens with one attached hydrogen (secondary N) is 1. The van der Waals surface area contributed by atoms with Crippen molar-refractivity contribution in [2.45, 2.75) is 59.6 Å². The topological polar surface area (TPSA) is 119 Å². The van der Waals surface area contributed by atoms with Crippen LogP contribution in [0.3, 0.4) is 0 Å². The molecule has 3 rings (SSSR count). The second-order valence-electron chi connectivity index (χ2n) is 8.37. The molecule has 0 saturated heterocycles. The number of carboxylic acid groups (broad SMARTS) is 1. The van der Waals surface area contributed by atoms with Crippen molar-refractivity contribution in [1.82, 2.24) is 10.3 Å². The second kappa shape index (κ2) is 10.2. The van der Waals surface area contributed by atoms with Crippen LogP contribution in [0, 0.1) is 12.8 Å². The molecule has 0 fully saturated rings. The van der Waals surface area contributed by atoms with Crippen LogP contribution in [0.5, 0.6) is 5.75 Å². The lowest BCUT2D eigenvalue weighted by atomic mass is 10.0. The van der Waals surface area contributed by atoms with E-state index in [9.17, 15) is 19.5 Å². The van der Waals surface area contributed by atoms with Crippen molar-refractivity contribution in [3.63, 3.8) is 0 Å². The third kappa shape index (κ3) is 5.60. The van der Waals surface area contributed by atoms with Gasteiger partial charge in [0.25, 0.3) is 5.91 Å². The van der Waals surface area contributed by atoms with Gasteiger partial charge in [0.05, 0.1) is 10.9 Å². The number of hydrogen-bond donors (Lipinski definition) is 2. The number of fused-ring (bicyclic) bond motifs is 1. The third-order valence-electron chi connectivity index (χ3n) is 5.18. The van der Waals surface area contributed by atoms with E-state index in [-0.39, 0.29) is 11.3 Å². The third-order valence-corrected chi connectivity index (χ3v) is 6.17. The van der Waals surface area contributed by atoms with Crippen LogP contribution < -0.4 is 15.5 Å². The molecule has 33 heavy (non-hydrogen) atoms. The fourth-order valence-electron chi connectivity index (χ4n) is 3.44. The number of aryl methyl sites for hydroxylation is 2. The summed E-state index contributed by atoms with van der Waals surface area (Å²) in [4.78, 5) is 41.5. The van der Waals surface area contributed by atoms with Crippen molar-refractivity contribution in [3.05, 3.63) is 45.3 Å². The smallest absolute Gasteiger partial charge is 0.326 e. The Morgan fingerprint density at radius 1 is 1.27 bits per heavy atom. The fraction of sp³-hybridized carbons (Fsp3) is 0.417. The standard InChI is InChI=1S/C24H28N2O6S/c1-6-15-8-16-20(31-10-17(21(16)27)23-25-13(4)11-33-23)9-19(15)32-14(5)22(28)26-18(24(29)30)7-12(2)3/h8-12,14,18H,6-7H2,1-5H3,(H,26,28)(H,29,30)/t14-,18-/m1/s1. The minimum atomic E-state index is -1.09. The zero-order valence-electron chi connectivity index (χ0n) is 19.3. The molecular weight excluding hydrogens is 444 g/mol. The number of hydrogen-bond acceptors (Lipinski definition) is 7. The zero-order chi connectivity index (χ0) is 24.3. The SMILES string of the molecule is CCc1cc2c(=O)c(-c3nc(C)cs3)coc2cc1O[C@H](C)C(=O)N[C@H](CC(C)C)C(=O)O. The van der Waals surface area contributed by atoms with E-state index >= 15 is 0 Å². The first-order valence-electron chi connectivity index (χ1n) is 10.8. The molecular formula is C24H28N2O6S. The van der Waals surface area contributed by atoms with E-state index in [0.29, 0.717) is 40.1 Å². The minimum absolute atomic E-state index is 0.107. The lowest BCUT2D eigenvalue weighted by Crippen LogP contribution is -2.46. The number of ether oxygens (including phenoxy) is 1. The molecule has 0 aliphatic carbocycles. The number of amides is 1. The quantitative estimate of drug-likeness (QED) is 0.480. The van der Waals surface area contributed by atoms with Crippen molar-refractivity contribution >= 4 is 34.2 Å². The van der Waals surface area contributed by atoms with Crippen LogP contribution in [0.4, 0.5) is 0 Å². The van der Waals surface area contributed by atoms with Crippen LogP contribution in [-0.2, 0) is 16.0 Å². The van der Waals surface area contributed by atoms with E-state index < -0.39 is 24.0 Å². The van der Waals surface area contributed by atoms with Crippen LogP contribution >= 0.6 is 11.3 Å². The van der Waals surface area contributed by atoms with Crippen LogP contribution in [0.2, 0.25) is 0 Å². The first-order valence-corrected chi connectivity index (χ1v) is 11.7. The monoisotopic (exact) mass is 472 g/mol. The van der Waals surface area contributed by atoms with Gasteiger partial charge in [-0.3, -0.25) is 9.59 Å². The van der Waals surface area contributed by atoms with E-state index in [0.717, 1.165) is 11.3 Å². The lowest BCUT2D eigenvalue weighted by molar-refractivity contribution is -0.143. The van der Waals surface area contributed by atoms with Gasteiger partial charge in [0.1, 0.15) is 28.6 Å². The minimum Gasteiger partial charge on any atom is -0.480 e. The molecule has 1 aromatic carbocycles. The van der Waals surface area contributed by atoms with Gasteiger partial charge >= 0.3 is 5.97 Å². The fourth-order valence-corrected chi connectivity index (χ4v) is 4.24. The molecule has 0 spiro atoms. The molecule has 8 nitrogen and oxygen atoms in total. The number of aromatic nitrogens is 1. The summed E-state index contributed by atoms with van der Waals surface area (Å²) in [5, 5.41) is 14.8. The largest absolute Gasteiger partial charge is 0.480 e. The van der Waals surface area contributed by atoms with E-state index in [1.165, 1.54) is 17.6 Å². The van der Waals surface area contributed by atoms with Gasteiger partial charge in [-0.15, -0.1) is 11.3 Å². The first-order chi connectivity index (χ1) is 15.6. The summed E-state index contributed by atoms with van der Waals surface area (Å²) in [5.41, 5.74) is 2.11. The molecule has 0 saturated carbocycles. The lowest BCUT2D eigenvalue weighted by Gasteiger charge is -2.21. The van der Waals surface area contributed by atoms with E-state index in [1.807, 2.05) is 33.1 Å². The number of rotatable bonds is 9. The summed E-state index contributed by atoms with van der Waals surface area (Å²) in [7, 11) is 0. The Labute approximate surface area is 195 Å². The van der Waals surface area contributed by atoms with Gasteiger partial charge in [-0.25, -0.2) is 9.78 Å². The van der Waals surface area contributed by atoms with Crippen LogP contribution in [0.25, 0.3) is 21.5 Å². The number of carboxylic acids is 1. The molecule has 2 heterocycles. The molecule has 2 aromatic heterocycles. The van der Waals surface area contributed by atoms with Crippen LogP contribution in [0.1, 0.15) is 45.4 Å². The molecule has 3 aromatic rings. The Morgan fingerprint density at radius 3 is 2.58 bits per heavy atom. The van der Waals surface area contributed by atoms with Gasteiger partial charge in [-0.1, -0.05) is 20.8 Å². The normalized spacial score (nSPS) is 13.2. The van der Waals surface area contributed by atoms with Crippen molar-refractivity contribution in [2.75, 3.05) is 0 Å². The van der Waals surface area contributed by atoms with Gasteiger partial charge in [-0.05, 0) is 44.2 Å². The maximum Gasteiger partial charge on any atom is 0.326 e. The van der Waals surface area contributed by atoms with Gasteiger partial charge < -0.3 is 19.6 Å². The highest BCUT2D eigenvalue weighted by atomic mass is 32.1.